The van der Waals surface area contributed by atoms with E-state index in [0.717, 1.165) is 5.56 Å². The smallest absolute Gasteiger partial charge is 0.242 e. The number of piperazine rings is 1. The summed E-state index contributed by atoms with van der Waals surface area (Å²) in [5, 5.41) is 3.27. The highest BCUT2D eigenvalue weighted by atomic mass is 127. The van der Waals surface area contributed by atoms with Crippen molar-refractivity contribution in [3.05, 3.63) is 29.8 Å². The lowest BCUT2D eigenvalue weighted by molar-refractivity contribution is -0.145. The maximum absolute atomic E-state index is 12.6. The van der Waals surface area contributed by atoms with Gasteiger partial charge in [0.05, 0.1) is 17.0 Å². The Morgan fingerprint density at radius 1 is 1.25 bits per heavy atom. The molecule has 0 unspecified atom stereocenters. The number of guanidine groups is 1. The van der Waals surface area contributed by atoms with Crippen LogP contribution < -0.4 is 5.32 Å². The van der Waals surface area contributed by atoms with Crippen molar-refractivity contribution in [1.29, 1.82) is 0 Å². The van der Waals surface area contributed by atoms with E-state index in [1.165, 1.54) is 6.26 Å². The molecule has 0 atom stereocenters. The number of hydrogen-bond donors (Lipinski definition) is 1. The summed E-state index contributed by atoms with van der Waals surface area (Å²) in [5.41, 5.74) is 0.646. The van der Waals surface area contributed by atoms with Crippen molar-refractivity contribution in [3.8, 4) is 0 Å². The Kier molecular flexibility index (Phi) is 8.31. The normalized spacial score (nSPS) is 17.5. The number of nitrogens with one attached hydrogen (secondary N) is 1. The SMILES string of the molecule is CN=C(NCc1ccc(S(C)(=O)=O)cc1)N1CC(=O)N(C(C)C)C(C)(C)C1.I. The van der Waals surface area contributed by atoms with Crippen LogP contribution in [0.1, 0.15) is 33.3 Å². The highest BCUT2D eigenvalue weighted by Gasteiger charge is 2.40. The Morgan fingerprint density at radius 3 is 2.25 bits per heavy atom. The topological polar surface area (TPSA) is 82.1 Å². The number of rotatable bonds is 4. The quantitative estimate of drug-likeness (QED) is 0.372. The van der Waals surface area contributed by atoms with Gasteiger partial charge in [0.15, 0.2) is 15.8 Å². The van der Waals surface area contributed by atoms with Gasteiger partial charge in [0.1, 0.15) is 0 Å². The molecule has 7 nitrogen and oxygen atoms in total. The van der Waals surface area contributed by atoms with Crippen LogP contribution in [0.5, 0.6) is 0 Å². The van der Waals surface area contributed by atoms with Crippen LogP contribution in [0, 0.1) is 0 Å². The van der Waals surface area contributed by atoms with E-state index in [1.54, 1.807) is 31.3 Å². The fraction of sp³-hybridized carbons (Fsp3) is 0.579. The molecule has 0 aromatic heterocycles. The van der Waals surface area contributed by atoms with E-state index in [-0.39, 0.29) is 48.0 Å². The number of benzene rings is 1. The van der Waals surface area contributed by atoms with Gasteiger partial charge in [-0.3, -0.25) is 9.79 Å². The van der Waals surface area contributed by atoms with Crippen molar-refractivity contribution in [2.45, 2.75) is 50.7 Å². The monoisotopic (exact) mass is 522 g/mol. The standard InChI is InChI=1S/C19H30N4O3S.HI/c1-14(2)23-17(24)12-22(13-19(23,3)4)18(20-5)21-11-15-7-9-16(10-8-15)27(6,25)26;/h7-10,14H,11-13H2,1-6H3,(H,20,21);1H. The lowest BCUT2D eigenvalue weighted by Crippen LogP contribution is -2.66. The molecule has 1 aromatic rings. The molecule has 1 heterocycles. The molecule has 1 N–H and O–H groups in total. The van der Waals surface area contributed by atoms with Crippen LogP contribution in [0.2, 0.25) is 0 Å². The first-order chi connectivity index (χ1) is 12.5. The van der Waals surface area contributed by atoms with E-state index in [0.29, 0.717) is 23.9 Å². The summed E-state index contributed by atoms with van der Waals surface area (Å²) >= 11 is 0. The molecule has 0 saturated carbocycles. The third-order valence-corrected chi connectivity index (χ3v) is 5.78. The summed E-state index contributed by atoms with van der Waals surface area (Å²) in [5.74, 6) is 0.744. The molecule has 28 heavy (non-hydrogen) atoms. The summed E-state index contributed by atoms with van der Waals surface area (Å²) in [6.07, 6.45) is 1.19. The average molecular weight is 522 g/mol. The summed E-state index contributed by atoms with van der Waals surface area (Å²) < 4.78 is 23.1. The van der Waals surface area contributed by atoms with Gasteiger partial charge in [0.25, 0.3) is 0 Å². The highest BCUT2D eigenvalue weighted by molar-refractivity contribution is 14.0. The molecule has 1 aliphatic rings. The number of nitrogens with zero attached hydrogens (tertiary/aromatic N) is 3. The van der Waals surface area contributed by atoms with Gasteiger partial charge in [-0.1, -0.05) is 12.1 Å². The van der Waals surface area contributed by atoms with Gasteiger partial charge in [-0.15, -0.1) is 24.0 Å². The molecule has 158 valence electrons. The number of amides is 1. The lowest BCUT2D eigenvalue weighted by Gasteiger charge is -2.49. The van der Waals surface area contributed by atoms with Gasteiger partial charge in [-0.25, -0.2) is 8.42 Å². The van der Waals surface area contributed by atoms with Crippen LogP contribution in [0.4, 0.5) is 0 Å². The molecule has 9 heteroatoms. The van der Waals surface area contributed by atoms with Crippen LogP contribution in [0.3, 0.4) is 0 Å². The first kappa shape index (κ1) is 24.7. The zero-order chi connectivity index (χ0) is 20.4. The fourth-order valence-electron chi connectivity index (χ4n) is 3.68. The Labute approximate surface area is 185 Å². The zero-order valence-electron chi connectivity index (χ0n) is 17.4. The average Bonchev–Trinajstić information content (AvgIpc) is 2.53. The van der Waals surface area contributed by atoms with E-state index in [4.69, 9.17) is 0 Å². The highest BCUT2D eigenvalue weighted by Crippen LogP contribution is 2.24. The molecule has 2 rings (SSSR count). The minimum absolute atomic E-state index is 0. The van der Waals surface area contributed by atoms with Gasteiger partial charge < -0.3 is 15.1 Å². The lowest BCUT2D eigenvalue weighted by atomic mass is 9.96. The van der Waals surface area contributed by atoms with E-state index in [2.05, 4.69) is 24.2 Å². The summed E-state index contributed by atoms with van der Waals surface area (Å²) in [6, 6.07) is 6.91. The van der Waals surface area contributed by atoms with E-state index in [1.807, 2.05) is 23.6 Å². The zero-order valence-corrected chi connectivity index (χ0v) is 20.5. The Hall–Kier alpha value is -1.36. The van der Waals surface area contributed by atoms with Crippen molar-refractivity contribution >= 4 is 45.7 Å². The molecule has 1 saturated heterocycles. The first-order valence-electron chi connectivity index (χ1n) is 9.02. The molecule has 1 aliphatic heterocycles. The minimum Gasteiger partial charge on any atom is -0.352 e. The Morgan fingerprint density at radius 2 is 1.82 bits per heavy atom. The molecule has 0 bridgehead atoms. The molecular weight excluding hydrogens is 491 g/mol. The number of sulfone groups is 1. The molecule has 0 aliphatic carbocycles. The largest absolute Gasteiger partial charge is 0.352 e. The van der Waals surface area contributed by atoms with Gasteiger partial charge in [-0.2, -0.15) is 0 Å². The van der Waals surface area contributed by atoms with Crippen LogP contribution in [-0.4, -0.2) is 68.1 Å². The molecule has 1 amide bonds. The van der Waals surface area contributed by atoms with Crippen molar-refractivity contribution in [3.63, 3.8) is 0 Å². The van der Waals surface area contributed by atoms with Crippen LogP contribution in [-0.2, 0) is 21.2 Å². The number of carbonyl (C=O) groups is 1. The van der Waals surface area contributed by atoms with Gasteiger partial charge >= 0.3 is 0 Å². The predicted octanol–water partition coefficient (Wildman–Crippen LogP) is 2.11. The number of aliphatic imine (C=N–C) groups is 1. The fourth-order valence-corrected chi connectivity index (χ4v) is 4.31. The molecule has 1 fully saturated rings. The predicted molar refractivity (Wildman–Crippen MR) is 123 cm³/mol. The summed E-state index contributed by atoms with van der Waals surface area (Å²) in [4.78, 5) is 21.1. The molecule has 1 aromatic carbocycles. The van der Waals surface area contributed by atoms with Gasteiger partial charge in [0, 0.05) is 32.4 Å². The summed E-state index contributed by atoms with van der Waals surface area (Å²) in [6.45, 7) is 9.65. The second-order valence-corrected chi connectivity index (χ2v) is 9.86. The Bertz CT molecular complexity index is 820. The van der Waals surface area contributed by atoms with Crippen LogP contribution >= 0.6 is 24.0 Å². The van der Waals surface area contributed by atoms with Gasteiger partial charge in [-0.05, 0) is 45.4 Å². The Balaban J connectivity index is 0.00000392. The third-order valence-electron chi connectivity index (χ3n) is 4.65. The maximum atomic E-state index is 12.6. The molecule has 0 spiro atoms. The second-order valence-electron chi connectivity index (χ2n) is 7.84. The first-order valence-corrected chi connectivity index (χ1v) is 10.9. The number of hydrogen-bond acceptors (Lipinski definition) is 4. The minimum atomic E-state index is -3.20. The van der Waals surface area contributed by atoms with Crippen molar-refractivity contribution in [1.82, 2.24) is 15.1 Å². The van der Waals surface area contributed by atoms with Crippen molar-refractivity contribution in [2.24, 2.45) is 4.99 Å². The molecule has 0 radical (unpaired) electrons. The van der Waals surface area contributed by atoms with Crippen LogP contribution in [0.25, 0.3) is 0 Å². The van der Waals surface area contributed by atoms with E-state index >= 15 is 0 Å². The molecular formula is C19H31IN4O3S. The van der Waals surface area contributed by atoms with E-state index < -0.39 is 9.84 Å². The number of carbonyl (C=O) groups excluding carboxylic acids is 1. The summed E-state index contributed by atoms with van der Waals surface area (Å²) in [7, 11) is -1.50. The second kappa shape index (κ2) is 9.43. The third kappa shape index (κ3) is 5.82. The maximum Gasteiger partial charge on any atom is 0.242 e. The van der Waals surface area contributed by atoms with Crippen LogP contribution in [0.15, 0.2) is 34.2 Å². The number of halogens is 1. The van der Waals surface area contributed by atoms with Crippen molar-refractivity contribution in [2.75, 3.05) is 26.4 Å². The van der Waals surface area contributed by atoms with E-state index in [9.17, 15) is 13.2 Å². The van der Waals surface area contributed by atoms with Gasteiger partial charge in [0.2, 0.25) is 5.91 Å². The van der Waals surface area contributed by atoms with Crippen molar-refractivity contribution < 1.29 is 13.2 Å².